The molecule has 0 bridgehead atoms. The van der Waals surface area contributed by atoms with Gasteiger partial charge in [0.1, 0.15) is 5.75 Å². The number of carboxylic acids is 1. The molecule has 0 saturated heterocycles. The SMILES string of the molecule is COc1ccc(NC(=O)C(c2ccccc2)C(C(=O)O)c2ccc(Cl)cc2)cc1. The van der Waals surface area contributed by atoms with E-state index in [1.165, 1.54) is 0 Å². The highest BCUT2D eigenvalue weighted by Gasteiger charge is 2.36. The van der Waals surface area contributed by atoms with E-state index in [0.717, 1.165) is 0 Å². The van der Waals surface area contributed by atoms with Gasteiger partial charge in [-0.25, -0.2) is 0 Å². The van der Waals surface area contributed by atoms with Crippen molar-refractivity contribution in [1.82, 2.24) is 0 Å². The lowest BCUT2D eigenvalue weighted by Crippen LogP contribution is -2.30. The summed E-state index contributed by atoms with van der Waals surface area (Å²) in [6.45, 7) is 0. The number of hydrogen-bond acceptors (Lipinski definition) is 3. The monoisotopic (exact) mass is 409 g/mol. The van der Waals surface area contributed by atoms with Crippen LogP contribution in [0.3, 0.4) is 0 Å². The molecule has 0 fully saturated rings. The number of carboxylic acid groups (broad SMARTS) is 1. The number of carbonyl (C=O) groups is 2. The van der Waals surface area contributed by atoms with Crippen LogP contribution < -0.4 is 10.1 Å². The maximum absolute atomic E-state index is 13.2. The molecule has 0 spiro atoms. The minimum atomic E-state index is -1.09. The van der Waals surface area contributed by atoms with Gasteiger partial charge in [0, 0.05) is 10.7 Å². The number of nitrogens with one attached hydrogen (secondary N) is 1. The van der Waals surface area contributed by atoms with Crippen molar-refractivity contribution in [3.63, 3.8) is 0 Å². The average molecular weight is 410 g/mol. The van der Waals surface area contributed by atoms with Crippen LogP contribution in [0.1, 0.15) is 23.0 Å². The van der Waals surface area contributed by atoms with Crippen molar-refractivity contribution in [2.75, 3.05) is 12.4 Å². The van der Waals surface area contributed by atoms with Gasteiger partial charge in [-0.05, 0) is 47.5 Å². The highest BCUT2D eigenvalue weighted by atomic mass is 35.5. The molecule has 2 unspecified atom stereocenters. The zero-order valence-corrected chi connectivity index (χ0v) is 16.5. The average Bonchev–Trinajstić information content (AvgIpc) is 2.73. The highest BCUT2D eigenvalue weighted by Crippen LogP contribution is 2.35. The third-order valence-corrected chi connectivity index (χ3v) is 4.88. The zero-order valence-electron chi connectivity index (χ0n) is 15.7. The Balaban J connectivity index is 1.99. The number of amides is 1. The second kappa shape index (κ2) is 9.26. The standard InChI is InChI=1S/C23H20ClNO4/c1-29-19-13-11-18(12-14-19)25-22(26)20(15-5-3-2-4-6-15)21(23(27)28)16-7-9-17(24)10-8-16/h2-14,20-21H,1H3,(H,25,26)(H,27,28). The summed E-state index contributed by atoms with van der Waals surface area (Å²) in [6, 6.07) is 22.3. The van der Waals surface area contributed by atoms with E-state index in [1.54, 1.807) is 79.9 Å². The summed E-state index contributed by atoms with van der Waals surface area (Å²) >= 11 is 5.95. The van der Waals surface area contributed by atoms with Crippen molar-refractivity contribution in [2.45, 2.75) is 11.8 Å². The van der Waals surface area contributed by atoms with Crippen molar-refractivity contribution in [3.05, 3.63) is 95.0 Å². The molecular weight excluding hydrogens is 390 g/mol. The molecule has 3 aromatic carbocycles. The van der Waals surface area contributed by atoms with Crippen molar-refractivity contribution in [2.24, 2.45) is 0 Å². The Morgan fingerprint density at radius 3 is 2.00 bits per heavy atom. The van der Waals surface area contributed by atoms with Crippen molar-refractivity contribution in [3.8, 4) is 5.75 Å². The predicted octanol–water partition coefficient (Wildman–Crippen LogP) is 4.94. The van der Waals surface area contributed by atoms with Gasteiger partial charge in [0.25, 0.3) is 0 Å². The van der Waals surface area contributed by atoms with E-state index in [2.05, 4.69) is 5.32 Å². The van der Waals surface area contributed by atoms with Gasteiger partial charge in [0.05, 0.1) is 18.9 Å². The Morgan fingerprint density at radius 1 is 0.862 bits per heavy atom. The molecule has 0 aliphatic carbocycles. The molecule has 148 valence electrons. The zero-order chi connectivity index (χ0) is 20.8. The number of ether oxygens (including phenoxy) is 1. The van der Waals surface area contributed by atoms with E-state index in [4.69, 9.17) is 16.3 Å². The van der Waals surface area contributed by atoms with Crippen LogP contribution in [0.2, 0.25) is 5.02 Å². The summed E-state index contributed by atoms with van der Waals surface area (Å²) in [4.78, 5) is 25.4. The summed E-state index contributed by atoms with van der Waals surface area (Å²) < 4.78 is 5.13. The third kappa shape index (κ3) is 4.95. The molecule has 0 aliphatic heterocycles. The van der Waals surface area contributed by atoms with Crippen LogP contribution in [0.15, 0.2) is 78.9 Å². The van der Waals surface area contributed by atoms with Gasteiger partial charge in [-0.2, -0.15) is 0 Å². The normalized spacial score (nSPS) is 12.6. The van der Waals surface area contributed by atoms with Crippen molar-refractivity contribution < 1.29 is 19.4 Å². The third-order valence-electron chi connectivity index (χ3n) is 4.63. The van der Waals surface area contributed by atoms with Gasteiger partial charge in [-0.1, -0.05) is 54.1 Å². The summed E-state index contributed by atoms with van der Waals surface area (Å²) in [6.07, 6.45) is 0. The second-order valence-corrected chi connectivity index (χ2v) is 6.91. The molecule has 6 heteroatoms. The summed E-state index contributed by atoms with van der Waals surface area (Å²) in [5.74, 6) is -2.85. The molecule has 0 aromatic heterocycles. The van der Waals surface area contributed by atoms with Crippen LogP contribution in [0, 0.1) is 0 Å². The minimum absolute atomic E-state index is 0.413. The fourth-order valence-electron chi connectivity index (χ4n) is 3.20. The lowest BCUT2D eigenvalue weighted by Gasteiger charge is -2.24. The van der Waals surface area contributed by atoms with Gasteiger partial charge in [-0.3, -0.25) is 9.59 Å². The van der Waals surface area contributed by atoms with Crippen LogP contribution in [0.25, 0.3) is 0 Å². The molecule has 2 atom stereocenters. The molecule has 5 nitrogen and oxygen atoms in total. The molecule has 0 heterocycles. The fraction of sp³-hybridized carbons (Fsp3) is 0.130. The quantitative estimate of drug-likeness (QED) is 0.579. The Labute approximate surface area is 173 Å². The van der Waals surface area contributed by atoms with Gasteiger partial charge in [-0.15, -0.1) is 0 Å². The molecule has 3 aromatic rings. The molecule has 2 N–H and O–H groups in total. The molecular formula is C23H20ClNO4. The second-order valence-electron chi connectivity index (χ2n) is 6.47. The van der Waals surface area contributed by atoms with Crippen molar-refractivity contribution >= 4 is 29.2 Å². The topological polar surface area (TPSA) is 75.6 Å². The number of benzene rings is 3. The first kappa shape index (κ1) is 20.4. The van der Waals surface area contributed by atoms with Crippen LogP contribution in [-0.2, 0) is 9.59 Å². The molecule has 3 rings (SSSR count). The van der Waals surface area contributed by atoms with E-state index < -0.39 is 23.7 Å². The number of hydrogen-bond donors (Lipinski definition) is 2. The lowest BCUT2D eigenvalue weighted by atomic mass is 9.80. The van der Waals surface area contributed by atoms with Gasteiger partial charge < -0.3 is 15.2 Å². The van der Waals surface area contributed by atoms with Crippen LogP contribution in [-0.4, -0.2) is 24.1 Å². The first-order valence-corrected chi connectivity index (χ1v) is 9.35. The lowest BCUT2D eigenvalue weighted by molar-refractivity contribution is -0.141. The Kier molecular flexibility index (Phi) is 6.52. The van der Waals surface area contributed by atoms with E-state index in [1.807, 2.05) is 6.07 Å². The predicted molar refractivity (Wildman–Crippen MR) is 113 cm³/mol. The van der Waals surface area contributed by atoms with Gasteiger partial charge >= 0.3 is 5.97 Å². The molecule has 0 aliphatic rings. The molecule has 29 heavy (non-hydrogen) atoms. The summed E-state index contributed by atoms with van der Waals surface area (Å²) in [5.41, 5.74) is 1.67. The van der Waals surface area contributed by atoms with E-state index in [-0.39, 0.29) is 0 Å². The number of halogens is 1. The maximum atomic E-state index is 13.2. The van der Waals surface area contributed by atoms with Crippen LogP contribution in [0.5, 0.6) is 5.75 Å². The van der Waals surface area contributed by atoms with Crippen molar-refractivity contribution in [1.29, 1.82) is 0 Å². The highest BCUT2D eigenvalue weighted by molar-refractivity contribution is 6.30. The Hall–Kier alpha value is -3.31. The van der Waals surface area contributed by atoms with E-state index >= 15 is 0 Å². The number of carbonyl (C=O) groups excluding carboxylic acids is 1. The minimum Gasteiger partial charge on any atom is -0.497 e. The Bertz CT molecular complexity index is 972. The van der Waals surface area contributed by atoms with Gasteiger partial charge in [0.15, 0.2) is 0 Å². The number of methoxy groups -OCH3 is 1. The first-order chi connectivity index (χ1) is 14.0. The first-order valence-electron chi connectivity index (χ1n) is 8.97. The largest absolute Gasteiger partial charge is 0.497 e. The Morgan fingerprint density at radius 2 is 1.45 bits per heavy atom. The van der Waals surface area contributed by atoms with Gasteiger partial charge in [0.2, 0.25) is 5.91 Å². The van der Waals surface area contributed by atoms with E-state index in [9.17, 15) is 14.7 Å². The number of anilines is 1. The van der Waals surface area contributed by atoms with Crippen LogP contribution in [0.4, 0.5) is 5.69 Å². The molecule has 0 radical (unpaired) electrons. The molecule has 1 amide bonds. The van der Waals surface area contributed by atoms with E-state index in [0.29, 0.717) is 27.6 Å². The van der Waals surface area contributed by atoms with Crippen LogP contribution >= 0.6 is 11.6 Å². The fourth-order valence-corrected chi connectivity index (χ4v) is 3.32. The number of rotatable bonds is 7. The molecule has 0 saturated carbocycles. The summed E-state index contributed by atoms with van der Waals surface area (Å²) in [7, 11) is 1.56. The summed E-state index contributed by atoms with van der Waals surface area (Å²) in [5, 5.41) is 13.3. The smallest absolute Gasteiger partial charge is 0.312 e. The number of aliphatic carboxylic acids is 1. The maximum Gasteiger partial charge on any atom is 0.312 e.